The third-order valence-electron chi connectivity index (χ3n) is 3.69. The van der Waals surface area contributed by atoms with Crippen LogP contribution in [0, 0.1) is 0 Å². The number of aromatic nitrogens is 2. The van der Waals surface area contributed by atoms with Crippen LogP contribution in [0.25, 0.3) is 0 Å². The lowest BCUT2D eigenvalue weighted by atomic mass is 9.89. The first-order chi connectivity index (χ1) is 9.48. The fourth-order valence-corrected chi connectivity index (χ4v) is 2.57. The van der Waals surface area contributed by atoms with Crippen molar-refractivity contribution in [3.8, 4) is 0 Å². The SMILES string of the molecule is CC(C)(C)c1cnc2n(c1=O)CCN2c1ccccc1. The van der Waals surface area contributed by atoms with Crippen molar-refractivity contribution in [2.75, 3.05) is 11.4 Å². The summed E-state index contributed by atoms with van der Waals surface area (Å²) in [6.45, 7) is 7.62. The summed E-state index contributed by atoms with van der Waals surface area (Å²) in [6, 6.07) is 10.1. The molecule has 0 fully saturated rings. The quantitative estimate of drug-likeness (QED) is 0.799. The number of anilines is 2. The molecular formula is C16H19N3O. The number of para-hydroxylation sites is 1. The summed E-state index contributed by atoms with van der Waals surface area (Å²) in [7, 11) is 0. The molecule has 1 aliphatic rings. The van der Waals surface area contributed by atoms with E-state index in [1.54, 1.807) is 10.8 Å². The van der Waals surface area contributed by atoms with Crippen molar-refractivity contribution in [3.63, 3.8) is 0 Å². The molecule has 1 aromatic heterocycles. The molecule has 2 heterocycles. The zero-order valence-electron chi connectivity index (χ0n) is 12.1. The number of nitrogens with zero attached hydrogens (tertiary/aromatic N) is 3. The second-order valence-corrected chi connectivity index (χ2v) is 6.17. The van der Waals surface area contributed by atoms with Crippen molar-refractivity contribution in [1.29, 1.82) is 0 Å². The predicted octanol–water partition coefficient (Wildman–Crippen LogP) is 2.69. The van der Waals surface area contributed by atoms with Gasteiger partial charge in [0, 0.05) is 30.5 Å². The molecule has 104 valence electrons. The average Bonchev–Trinajstić information content (AvgIpc) is 2.83. The topological polar surface area (TPSA) is 38.1 Å². The molecule has 4 nitrogen and oxygen atoms in total. The third kappa shape index (κ3) is 2.01. The first-order valence-electron chi connectivity index (χ1n) is 6.91. The van der Waals surface area contributed by atoms with Gasteiger partial charge in [-0.3, -0.25) is 9.36 Å². The van der Waals surface area contributed by atoms with Crippen molar-refractivity contribution in [2.24, 2.45) is 0 Å². The Hall–Kier alpha value is -2.10. The lowest BCUT2D eigenvalue weighted by Crippen LogP contribution is -2.30. The van der Waals surface area contributed by atoms with Crippen LogP contribution in [-0.4, -0.2) is 16.1 Å². The van der Waals surface area contributed by atoms with Gasteiger partial charge in [0.25, 0.3) is 5.56 Å². The van der Waals surface area contributed by atoms with Gasteiger partial charge in [-0.1, -0.05) is 39.0 Å². The van der Waals surface area contributed by atoms with Gasteiger partial charge in [0.1, 0.15) is 0 Å². The smallest absolute Gasteiger partial charge is 0.258 e. The van der Waals surface area contributed by atoms with Crippen LogP contribution in [0.2, 0.25) is 0 Å². The van der Waals surface area contributed by atoms with Gasteiger partial charge in [0.2, 0.25) is 5.95 Å². The first-order valence-corrected chi connectivity index (χ1v) is 6.91. The molecule has 0 spiro atoms. The molecule has 1 aliphatic heterocycles. The van der Waals surface area contributed by atoms with Gasteiger partial charge in [-0.2, -0.15) is 0 Å². The molecule has 2 aromatic rings. The van der Waals surface area contributed by atoms with E-state index in [9.17, 15) is 4.79 Å². The van der Waals surface area contributed by atoms with Crippen molar-refractivity contribution in [3.05, 3.63) is 52.4 Å². The highest BCUT2D eigenvalue weighted by Crippen LogP contribution is 2.28. The zero-order chi connectivity index (χ0) is 14.3. The Morgan fingerprint density at radius 1 is 1.10 bits per heavy atom. The fourth-order valence-electron chi connectivity index (χ4n) is 2.57. The number of benzene rings is 1. The lowest BCUT2D eigenvalue weighted by molar-refractivity contribution is 0.566. The highest BCUT2D eigenvalue weighted by Gasteiger charge is 2.27. The minimum Gasteiger partial charge on any atom is -0.310 e. The standard InChI is InChI=1S/C16H19N3O/c1-16(2,3)13-11-17-15-18(9-10-19(15)14(13)20)12-7-5-4-6-8-12/h4-8,11H,9-10H2,1-3H3. The van der Waals surface area contributed by atoms with Crippen molar-refractivity contribution in [1.82, 2.24) is 9.55 Å². The number of fused-ring (bicyclic) bond motifs is 1. The summed E-state index contributed by atoms with van der Waals surface area (Å²) in [4.78, 5) is 19.2. The largest absolute Gasteiger partial charge is 0.310 e. The third-order valence-corrected chi connectivity index (χ3v) is 3.69. The molecule has 1 aromatic carbocycles. The lowest BCUT2D eigenvalue weighted by Gasteiger charge is -2.20. The monoisotopic (exact) mass is 269 g/mol. The minimum atomic E-state index is -0.174. The minimum absolute atomic E-state index is 0.0842. The van der Waals surface area contributed by atoms with Crippen LogP contribution in [0.5, 0.6) is 0 Å². The van der Waals surface area contributed by atoms with Gasteiger partial charge < -0.3 is 4.90 Å². The van der Waals surface area contributed by atoms with Gasteiger partial charge in [-0.25, -0.2) is 4.98 Å². The van der Waals surface area contributed by atoms with Gasteiger partial charge >= 0.3 is 0 Å². The van der Waals surface area contributed by atoms with E-state index in [1.165, 1.54) is 0 Å². The average molecular weight is 269 g/mol. The van der Waals surface area contributed by atoms with Gasteiger partial charge in [0.15, 0.2) is 0 Å². The molecule has 0 amide bonds. The maximum Gasteiger partial charge on any atom is 0.258 e. The van der Waals surface area contributed by atoms with Gasteiger partial charge in [0.05, 0.1) is 0 Å². The molecule has 0 saturated carbocycles. The molecule has 20 heavy (non-hydrogen) atoms. The molecule has 0 bridgehead atoms. The van der Waals surface area contributed by atoms with Crippen LogP contribution < -0.4 is 10.5 Å². The molecule has 0 radical (unpaired) electrons. The van der Waals surface area contributed by atoms with E-state index in [4.69, 9.17) is 0 Å². The molecule has 0 saturated heterocycles. The van der Waals surface area contributed by atoms with E-state index in [2.05, 4.69) is 9.88 Å². The van der Waals surface area contributed by atoms with Crippen molar-refractivity contribution in [2.45, 2.75) is 32.7 Å². The van der Waals surface area contributed by atoms with Crippen LogP contribution in [0.1, 0.15) is 26.3 Å². The van der Waals surface area contributed by atoms with Crippen molar-refractivity contribution < 1.29 is 0 Å². The van der Waals surface area contributed by atoms with Gasteiger partial charge in [-0.15, -0.1) is 0 Å². The maximum atomic E-state index is 12.6. The molecule has 0 aliphatic carbocycles. The van der Waals surface area contributed by atoms with E-state index in [1.807, 2.05) is 51.1 Å². The van der Waals surface area contributed by atoms with E-state index in [0.717, 1.165) is 23.7 Å². The first kappa shape index (κ1) is 12.9. The molecule has 0 unspecified atom stereocenters. The number of hydrogen-bond donors (Lipinski definition) is 0. The summed E-state index contributed by atoms with van der Waals surface area (Å²) in [5, 5.41) is 0. The molecular weight excluding hydrogens is 250 g/mol. The molecule has 0 N–H and O–H groups in total. The van der Waals surface area contributed by atoms with E-state index in [-0.39, 0.29) is 11.0 Å². The number of hydrogen-bond acceptors (Lipinski definition) is 3. The van der Waals surface area contributed by atoms with E-state index >= 15 is 0 Å². The second kappa shape index (κ2) is 4.47. The normalized spacial score (nSPS) is 14.4. The van der Waals surface area contributed by atoms with Gasteiger partial charge in [-0.05, 0) is 17.5 Å². The maximum absolute atomic E-state index is 12.6. The summed E-state index contributed by atoms with van der Waals surface area (Å²) >= 11 is 0. The zero-order valence-corrected chi connectivity index (χ0v) is 12.1. The second-order valence-electron chi connectivity index (χ2n) is 6.17. The Morgan fingerprint density at radius 3 is 2.45 bits per heavy atom. The summed E-state index contributed by atoms with van der Waals surface area (Å²) in [5.74, 6) is 0.745. The summed E-state index contributed by atoms with van der Waals surface area (Å²) < 4.78 is 1.79. The Bertz CT molecular complexity index is 683. The highest BCUT2D eigenvalue weighted by atomic mass is 16.1. The van der Waals surface area contributed by atoms with E-state index in [0.29, 0.717) is 6.54 Å². The Kier molecular flexibility index (Phi) is 2.89. The molecule has 4 heteroatoms. The number of rotatable bonds is 1. The Morgan fingerprint density at radius 2 is 1.80 bits per heavy atom. The van der Waals surface area contributed by atoms with Crippen LogP contribution in [0.15, 0.2) is 41.3 Å². The summed E-state index contributed by atoms with van der Waals surface area (Å²) in [6.07, 6.45) is 1.73. The molecule has 0 atom stereocenters. The van der Waals surface area contributed by atoms with Crippen LogP contribution in [0.4, 0.5) is 11.6 Å². The summed E-state index contributed by atoms with van der Waals surface area (Å²) in [5.41, 5.74) is 1.76. The predicted molar refractivity (Wildman–Crippen MR) is 80.6 cm³/mol. The van der Waals surface area contributed by atoms with E-state index < -0.39 is 0 Å². The van der Waals surface area contributed by atoms with Crippen LogP contribution in [0.3, 0.4) is 0 Å². The van der Waals surface area contributed by atoms with Crippen LogP contribution in [-0.2, 0) is 12.0 Å². The van der Waals surface area contributed by atoms with Crippen LogP contribution >= 0.6 is 0 Å². The molecule has 3 rings (SSSR count). The Labute approximate surface area is 118 Å². The fraction of sp³-hybridized carbons (Fsp3) is 0.375. The Balaban J connectivity index is 2.09. The highest BCUT2D eigenvalue weighted by molar-refractivity contribution is 5.59. The van der Waals surface area contributed by atoms with Crippen molar-refractivity contribution >= 4 is 11.6 Å².